The summed E-state index contributed by atoms with van der Waals surface area (Å²) in [6.07, 6.45) is 10.8. The van der Waals surface area contributed by atoms with Crippen LogP contribution in [0.2, 0.25) is 0 Å². The Balaban J connectivity index is 1.35. The second-order valence-electron chi connectivity index (χ2n) is 11.4. The van der Waals surface area contributed by atoms with Gasteiger partial charge in [0, 0.05) is 12.0 Å². The third-order valence-corrected chi connectivity index (χ3v) is 8.98. The highest BCUT2D eigenvalue weighted by Crippen LogP contribution is 2.52. The van der Waals surface area contributed by atoms with E-state index in [2.05, 4.69) is 26.8 Å². The number of hydrogen-bond donors (Lipinski definition) is 1. The molecule has 2 aliphatic carbocycles. The van der Waals surface area contributed by atoms with Gasteiger partial charge in [0.05, 0.1) is 24.5 Å². The molecule has 36 heavy (non-hydrogen) atoms. The summed E-state index contributed by atoms with van der Waals surface area (Å²) < 4.78 is 12.1. The number of carbonyl (C=O) groups excluding carboxylic acids is 2. The summed E-state index contributed by atoms with van der Waals surface area (Å²) in [6.45, 7) is 7.01. The molecule has 1 N–H and O–H groups in total. The van der Waals surface area contributed by atoms with E-state index in [-0.39, 0.29) is 48.3 Å². The van der Waals surface area contributed by atoms with Crippen LogP contribution in [-0.2, 0) is 20.9 Å². The van der Waals surface area contributed by atoms with Gasteiger partial charge in [-0.15, -0.1) is 0 Å². The van der Waals surface area contributed by atoms with Crippen molar-refractivity contribution in [3.63, 3.8) is 0 Å². The lowest BCUT2D eigenvalue weighted by molar-refractivity contribution is -0.143. The van der Waals surface area contributed by atoms with Crippen LogP contribution in [0.1, 0.15) is 90.1 Å². The number of aliphatic hydroxyl groups is 1. The van der Waals surface area contributed by atoms with Crippen molar-refractivity contribution in [2.75, 3.05) is 6.61 Å². The minimum atomic E-state index is -0.247. The maximum absolute atomic E-state index is 13.7. The summed E-state index contributed by atoms with van der Waals surface area (Å²) in [4.78, 5) is 28.9. The standard InChI is InChI=1S/C30H41NO5/c1-4-19(14-21-11-12-22(16-32)36-21)10-13-26-27-23(18(2)3)15-24-28(25(27)17-35-26)30(34)31(29(24)33)20-8-6-5-7-9-20/h11-12,14,18,20,24-26,28,32H,4-10,13,15-17H2,1-3H3/b19-14+/t24-,25+,26-,28-/m1/s1. The van der Waals surface area contributed by atoms with Crippen molar-refractivity contribution in [2.45, 2.75) is 97.3 Å². The zero-order chi connectivity index (χ0) is 25.4. The highest BCUT2D eigenvalue weighted by Gasteiger charge is 2.58. The van der Waals surface area contributed by atoms with Crippen LogP contribution in [0.5, 0.6) is 0 Å². The molecule has 6 heteroatoms. The monoisotopic (exact) mass is 495 g/mol. The molecule has 196 valence electrons. The highest BCUT2D eigenvalue weighted by molar-refractivity contribution is 6.06. The number of hydrogen-bond acceptors (Lipinski definition) is 5. The molecule has 0 unspecified atom stereocenters. The van der Waals surface area contributed by atoms with Crippen molar-refractivity contribution in [1.29, 1.82) is 0 Å². The van der Waals surface area contributed by atoms with E-state index in [4.69, 9.17) is 9.15 Å². The Morgan fingerprint density at radius 2 is 1.92 bits per heavy atom. The maximum atomic E-state index is 13.7. The van der Waals surface area contributed by atoms with Crippen LogP contribution < -0.4 is 0 Å². The fraction of sp³-hybridized carbons (Fsp3) is 0.667. The molecule has 0 radical (unpaired) electrons. The molecule has 0 bridgehead atoms. The second-order valence-corrected chi connectivity index (χ2v) is 11.4. The summed E-state index contributed by atoms with van der Waals surface area (Å²) >= 11 is 0. The molecule has 3 fully saturated rings. The number of fused-ring (bicyclic) bond motifs is 3. The number of imide groups is 1. The van der Waals surface area contributed by atoms with E-state index in [1.807, 2.05) is 6.07 Å². The van der Waals surface area contributed by atoms with Gasteiger partial charge in [0.1, 0.15) is 18.1 Å². The van der Waals surface area contributed by atoms with E-state index in [1.54, 1.807) is 11.0 Å². The van der Waals surface area contributed by atoms with Gasteiger partial charge in [-0.25, -0.2) is 0 Å². The molecular weight excluding hydrogens is 454 g/mol. The average Bonchev–Trinajstić information content (AvgIpc) is 3.58. The number of rotatable bonds is 8. The number of carbonyl (C=O) groups is 2. The normalized spacial score (nSPS) is 29.5. The fourth-order valence-corrected chi connectivity index (χ4v) is 7.11. The van der Waals surface area contributed by atoms with Gasteiger partial charge in [-0.2, -0.15) is 0 Å². The Bertz CT molecular complexity index is 1040. The summed E-state index contributed by atoms with van der Waals surface area (Å²) in [5, 5.41) is 9.27. The third-order valence-electron chi connectivity index (χ3n) is 8.98. The molecule has 1 aromatic heterocycles. The number of likely N-dealkylation sites (tertiary alicyclic amines) is 1. The third kappa shape index (κ3) is 4.63. The Morgan fingerprint density at radius 3 is 2.58 bits per heavy atom. The Kier molecular flexibility index (Phi) is 7.55. The first-order chi connectivity index (χ1) is 17.4. The first-order valence-electron chi connectivity index (χ1n) is 14.0. The fourth-order valence-electron chi connectivity index (χ4n) is 7.11. The van der Waals surface area contributed by atoms with Crippen LogP contribution in [0.4, 0.5) is 0 Å². The zero-order valence-corrected chi connectivity index (χ0v) is 22.0. The lowest BCUT2D eigenvalue weighted by atomic mass is 9.67. The molecule has 2 aliphatic heterocycles. The van der Waals surface area contributed by atoms with E-state index in [9.17, 15) is 14.7 Å². The van der Waals surface area contributed by atoms with Crippen molar-refractivity contribution in [1.82, 2.24) is 4.90 Å². The predicted molar refractivity (Wildman–Crippen MR) is 138 cm³/mol. The highest BCUT2D eigenvalue weighted by atomic mass is 16.5. The number of aliphatic hydroxyl groups excluding tert-OH is 1. The second kappa shape index (κ2) is 10.7. The van der Waals surface area contributed by atoms with Crippen LogP contribution >= 0.6 is 0 Å². The molecule has 2 amide bonds. The number of amides is 2. The molecule has 4 aliphatic rings. The average molecular weight is 496 g/mol. The number of furan rings is 1. The number of nitrogens with zero attached hydrogens (tertiary/aromatic N) is 1. The van der Waals surface area contributed by atoms with Crippen molar-refractivity contribution in [2.24, 2.45) is 23.7 Å². The molecule has 3 heterocycles. The maximum Gasteiger partial charge on any atom is 0.234 e. The van der Waals surface area contributed by atoms with Gasteiger partial charge >= 0.3 is 0 Å². The van der Waals surface area contributed by atoms with E-state index < -0.39 is 0 Å². The van der Waals surface area contributed by atoms with E-state index in [1.165, 1.54) is 23.1 Å². The van der Waals surface area contributed by atoms with Crippen molar-refractivity contribution in [3.05, 3.63) is 40.4 Å². The summed E-state index contributed by atoms with van der Waals surface area (Å²) in [5.41, 5.74) is 3.93. The van der Waals surface area contributed by atoms with Crippen LogP contribution in [0.25, 0.3) is 6.08 Å². The SMILES string of the molecule is CC/C(=C\c1ccc(CO)o1)CC[C@H]1OC[C@H]2C1=C(C(C)C)C[C@H]1C(=O)N(C3CCCCC3)C(=O)[C@H]12. The van der Waals surface area contributed by atoms with Gasteiger partial charge in [0.25, 0.3) is 0 Å². The minimum absolute atomic E-state index is 0.000429. The summed E-state index contributed by atoms with van der Waals surface area (Å²) in [6, 6.07) is 3.79. The number of allylic oxidation sites excluding steroid dienone is 2. The molecule has 0 spiro atoms. The van der Waals surface area contributed by atoms with Crippen LogP contribution in [-0.4, -0.2) is 40.6 Å². The lowest BCUT2D eigenvalue weighted by Crippen LogP contribution is -2.42. The topological polar surface area (TPSA) is 80.0 Å². The molecule has 6 nitrogen and oxygen atoms in total. The number of ether oxygens (including phenoxy) is 1. The minimum Gasteiger partial charge on any atom is -0.459 e. The smallest absolute Gasteiger partial charge is 0.234 e. The Hall–Kier alpha value is -2.18. The van der Waals surface area contributed by atoms with Crippen LogP contribution in [0.3, 0.4) is 0 Å². The largest absolute Gasteiger partial charge is 0.459 e. The first kappa shape index (κ1) is 25.5. The Labute approximate surface area is 214 Å². The zero-order valence-electron chi connectivity index (χ0n) is 22.0. The quantitative estimate of drug-likeness (QED) is 0.372. The molecule has 0 aromatic carbocycles. The van der Waals surface area contributed by atoms with Crippen molar-refractivity contribution < 1.29 is 23.8 Å². The van der Waals surface area contributed by atoms with Crippen molar-refractivity contribution in [3.8, 4) is 0 Å². The van der Waals surface area contributed by atoms with Crippen LogP contribution in [0, 0.1) is 23.7 Å². The van der Waals surface area contributed by atoms with E-state index in [0.29, 0.717) is 24.7 Å². The van der Waals surface area contributed by atoms with Crippen LogP contribution in [0.15, 0.2) is 33.3 Å². The summed E-state index contributed by atoms with van der Waals surface area (Å²) in [7, 11) is 0. The molecule has 4 atom stereocenters. The van der Waals surface area contributed by atoms with Gasteiger partial charge in [0.2, 0.25) is 11.8 Å². The molecule has 2 saturated heterocycles. The van der Waals surface area contributed by atoms with E-state index in [0.717, 1.165) is 50.7 Å². The van der Waals surface area contributed by atoms with Gasteiger partial charge in [-0.3, -0.25) is 14.5 Å². The first-order valence-corrected chi connectivity index (χ1v) is 14.0. The molecule has 1 aromatic rings. The van der Waals surface area contributed by atoms with E-state index >= 15 is 0 Å². The lowest BCUT2D eigenvalue weighted by Gasteiger charge is -2.33. The van der Waals surface area contributed by atoms with Gasteiger partial charge in [-0.05, 0) is 68.2 Å². The molecule has 1 saturated carbocycles. The van der Waals surface area contributed by atoms with Gasteiger partial charge < -0.3 is 14.3 Å². The van der Waals surface area contributed by atoms with Crippen molar-refractivity contribution >= 4 is 17.9 Å². The predicted octanol–water partition coefficient (Wildman–Crippen LogP) is 5.65. The van der Waals surface area contributed by atoms with Gasteiger partial charge in [-0.1, -0.05) is 51.2 Å². The van der Waals surface area contributed by atoms with Gasteiger partial charge in [0.15, 0.2) is 0 Å². The summed E-state index contributed by atoms with van der Waals surface area (Å²) in [5.74, 6) is 1.39. The Morgan fingerprint density at radius 1 is 1.14 bits per heavy atom. The molecule has 5 rings (SSSR count). The molecular formula is C30H41NO5.